The fraction of sp³-hybridized carbons (Fsp3) is 0.0185. The number of anilines is 2. The molecule has 0 saturated carbocycles. The highest BCUT2D eigenvalue weighted by molar-refractivity contribution is 7.26. The van der Waals surface area contributed by atoms with E-state index in [9.17, 15) is 0 Å². The van der Waals surface area contributed by atoms with Crippen LogP contribution >= 0.6 is 11.3 Å². The second kappa shape index (κ2) is 12.7. The molecule has 2 nitrogen and oxygen atoms in total. The third-order valence-corrected chi connectivity index (χ3v) is 13.1. The van der Waals surface area contributed by atoms with Crippen molar-refractivity contribution in [3.8, 4) is 55.6 Å². The molecule has 0 bridgehead atoms. The molecule has 8 aromatic carbocycles. The van der Waals surface area contributed by atoms with Crippen molar-refractivity contribution in [1.29, 1.82) is 0 Å². The predicted molar refractivity (Wildman–Crippen MR) is 244 cm³/mol. The van der Waals surface area contributed by atoms with E-state index in [4.69, 9.17) is 0 Å². The minimum Gasteiger partial charge on any atom is -0.319 e. The largest absolute Gasteiger partial charge is 0.319 e. The molecule has 0 amide bonds. The zero-order valence-corrected chi connectivity index (χ0v) is 31.8. The average molecular weight is 744 g/mol. The van der Waals surface area contributed by atoms with Crippen LogP contribution in [0.25, 0.3) is 75.8 Å². The molecule has 57 heavy (non-hydrogen) atoms. The molecule has 0 radical (unpaired) electrons. The van der Waals surface area contributed by atoms with E-state index < -0.39 is 0 Å². The second-order valence-electron chi connectivity index (χ2n) is 15.0. The molecule has 266 valence electrons. The Hall–Kier alpha value is -7.07. The normalized spacial score (nSPS) is 14.9. The summed E-state index contributed by atoms with van der Waals surface area (Å²) in [5.41, 5.74) is 18.3. The van der Waals surface area contributed by atoms with Gasteiger partial charge in [0, 0.05) is 55.7 Å². The van der Waals surface area contributed by atoms with Gasteiger partial charge in [-0.1, -0.05) is 158 Å². The Labute approximate surface area is 335 Å². The number of allylic oxidation sites excluding steroid dienone is 2. The molecule has 0 spiro atoms. The van der Waals surface area contributed by atoms with Crippen LogP contribution in [-0.2, 0) is 0 Å². The van der Waals surface area contributed by atoms with Crippen molar-refractivity contribution in [3.05, 3.63) is 206 Å². The number of rotatable bonds is 3. The van der Waals surface area contributed by atoms with Gasteiger partial charge in [0.25, 0.3) is 0 Å². The Bertz CT molecular complexity index is 3180. The summed E-state index contributed by atoms with van der Waals surface area (Å²) in [6.07, 6.45) is 8.98. The van der Waals surface area contributed by atoms with Gasteiger partial charge in [0.15, 0.2) is 0 Å². The fourth-order valence-electron chi connectivity index (χ4n) is 9.52. The van der Waals surface area contributed by atoms with Gasteiger partial charge >= 0.3 is 0 Å². The highest BCUT2D eigenvalue weighted by atomic mass is 32.1. The minimum atomic E-state index is 0.00101. The maximum atomic E-state index is 2.53. The van der Waals surface area contributed by atoms with E-state index in [0.717, 1.165) is 17.1 Å². The zero-order valence-electron chi connectivity index (χ0n) is 31.0. The van der Waals surface area contributed by atoms with Crippen LogP contribution < -0.4 is 9.48 Å². The molecule has 12 rings (SSSR count). The van der Waals surface area contributed by atoms with Crippen LogP contribution in [0.4, 0.5) is 22.7 Å². The smallest absolute Gasteiger partial charge is 0.235 e. The van der Waals surface area contributed by atoms with Gasteiger partial charge in [0.2, 0.25) is 17.1 Å². The van der Waals surface area contributed by atoms with E-state index in [1.54, 1.807) is 0 Å². The topological polar surface area (TPSA) is 6.25 Å². The number of fused-ring (bicyclic) bond motifs is 13. The van der Waals surface area contributed by atoms with Crippen molar-refractivity contribution < 1.29 is 0 Å². The van der Waals surface area contributed by atoms with Gasteiger partial charge in [-0.05, 0) is 74.3 Å². The molecule has 1 aromatic heterocycles. The summed E-state index contributed by atoms with van der Waals surface area (Å²) in [5, 5.41) is 2.63. The highest BCUT2D eigenvalue weighted by Gasteiger charge is 2.41. The molecular formula is C54H35N2S+. The second-order valence-corrected chi connectivity index (χ2v) is 16.0. The van der Waals surface area contributed by atoms with E-state index in [1.165, 1.54) is 87.2 Å². The van der Waals surface area contributed by atoms with E-state index >= 15 is 0 Å². The van der Waals surface area contributed by atoms with E-state index in [0.29, 0.717) is 0 Å². The van der Waals surface area contributed by atoms with E-state index in [1.807, 2.05) is 11.3 Å². The molecule has 1 atom stereocenters. The van der Waals surface area contributed by atoms with E-state index in [-0.39, 0.29) is 6.04 Å². The number of hydrogen-bond donors (Lipinski definition) is 0. The Kier molecular flexibility index (Phi) is 7.20. The summed E-state index contributed by atoms with van der Waals surface area (Å²) < 4.78 is 5.12. The monoisotopic (exact) mass is 743 g/mol. The van der Waals surface area contributed by atoms with Gasteiger partial charge in [0.1, 0.15) is 11.7 Å². The van der Waals surface area contributed by atoms with Gasteiger partial charge in [-0.15, -0.1) is 11.3 Å². The first-order valence-electron chi connectivity index (χ1n) is 19.6. The lowest BCUT2D eigenvalue weighted by Gasteiger charge is -2.37. The molecule has 1 unspecified atom stereocenters. The summed E-state index contributed by atoms with van der Waals surface area (Å²) in [6, 6.07) is 67.4. The summed E-state index contributed by atoms with van der Waals surface area (Å²) in [4.78, 5) is 2.53. The Morgan fingerprint density at radius 2 is 1.04 bits per heavy atom. The van der Waals surface area contributed by atoms with Crippen LogP contribution in [0.2, 0.25) is 0 Å². The molecule has 3 heteroatoms. The van der Waals surface area contributed by atoms with Crippen LogP contribution in [0.15, 0.2) is 206 Å². The quantitative estimate of drug-likeness (QED) is 0.163. The van der Waals surface area contributed by atoms with Crippen molar-refractivity contribution in [2.75, 3.05) is 4.90 Å². The maximum Gasteiger partial charge on any atom is 0.235 e. The van der Waals surface area contributed by atoms with Crippen molar-refractivity contribution >= 4 is 60.0 Å². The van der Waals surface area contributed by atoms with Crippen LogP contribution in [-0.4, -0.2) is 11.8 Å². The molecule has 0 fully saturated rings. The first-order chi connectivity index (χ1) is 28.3. The average Bonchev–Trinajstić information content (AvgIpc) is 3.67. The number of para-hydroxylation sites is 2. The van der Waals surface area contributed by atoms with Gasteiger partial charge in [-0.2, -0.15) is 4.58 Å². The van der Waals surface area contributed by atoms with E-state index in [2.05, 4.69) is 216 Å². The number of benzene rings is 8. The van der Waals surface area contributed by atoms with Crippen LogP contribution in [0.5, 0.6) is 0 Å². The zero-order chi connectivity index (χ0) is 37.5. The molecular weight excluding hydrogens is 709 g/mol. The van der Waals surface area contributed by atoms with Crippen LogP contribution in [0.1, 0.15) is 0 Å². The van der Waals surface area contributed by atoms with Crippen molar-refractivity contribution in [2.45, 2.75) is 6.04 Å². The molecule has 2 heterocycles. The first kappa shape index (κ1) is 32.2. The molecule has 1 aliphatic heterocycles. The van der Waals surface area contributed by atoms with Crippen molar-refractivity contribution in [3.63, 3.8) is 0 Å². The lowest BCUT2D eigenvalue weighted by atomic mass is 9.78. The van der Waals surface area contributed by atoms with Crippen LogP contribution in [0.3, 0.4) is 0 Å². The SMILES string of the molecule is C1=CC2=[N+](c3ccccc3)c3cc4c(cc3N(c3ccccc3)C2C=C1)-c1cccc(-c2cccc3c2sc2ccccc23)c1-c1ccccc1-c1ccccc1-4. The summed E-state index contributed by atoms with van der Waals surface area (Å²) in [7, 11) is 0. The standard InChI is InChI=1S/C54H35N2S/c1-3-17-35(18-4-1)55-48-30-12-13-31-49(48)56(36-19-5-2-6-20-36)51-34-47-43-27-15-26-42(45-29-16-28-44-40-24-11-14-32-52(40)57-54(44)45)53(43)41-25-10-9-22-38(41)37-21-7-8-23-39(37)46(47)33-50(51)55/h1-34,49H/q+1. The molecule has 0 saturated heterocycles. The minimum absolute atomic E-state index is 0.00101. The Morgan fingerprint density at radius 1 is 0.456 bits per heavy atom. The highest BCUT2D eigenvalue weighted by Crippen LogP contribution is 2.55. The summed E-state index contributed by atoms with van der Waals surface area (Å²) in [5.74, 6) is 0. The number of nitrogens with zero attached hydrogens (tertiary/aromatic N) is 2. The van der Waals surface area contributed by atoms with Gasteiger partial charge in [-0.3, -0.25) is 0 Å². The third kappa shape index (κ3) is 4.86. The Morgan fingerprint density at radius 3 is 1.84 bits per heavy atom. The molecule has 3 aliphatic rings. The summed E-state index contributed by atoms with van der Waals surface area (Å²) >= 11 is 1.90. The molecule has 9 aromatic rings. The Balaban J connectivity index is 1.23. The maximum absolute atomic E-state index is 2.53. The van der Waals surface area contributed by atoms with Gasteiger partial charge in [0.05, 0.1) is 0 Å². The van der Waals surface area contributed by atoms with Gasteiger partial charge in [-0.25, -0.2) is 0 Å². The van der Waals surface area contributed by atoms with Crippen molar-refractivity contribution in [1.82, 2.24) is 4.58 Å². The first-order valence-corrected chi connectivity index (χ1v) is 20.5. The number of thiophene rings is 1. The third-order valence-electron chi connectivity index (χ3n) is 11.9. The lowest BCUT2D eigenvalue weighted by molar-refractivity contribution is 0.897. The number of hydrogen-bond acceptors (Lipinski definition) is 2. The summed E-state index contributed by atoms with van der Waals surface area (Å²) in [6.45, 7) is 0. The van der Waals surface area contributed by atoms with Crippen LogP contribution in [0, 0.1) is 0 Å². The van der Waals surface area contributed by atoms with Crippen molar-refractivity contribution in [2.24, 2.45) is 0 Å². The lowest BCUT2D eigenvalue weighted by Crippen LogP contribution is -2.44. The predicted octanol–water partition coefficient (Wildman–Crippen LogP) is 14.6. The molecule has 2 aliphatic carbocycles. The van der Waals surface area contributed by atoms with Gasteiger partial charge < -0.3 is 4.90 Å². The molecule has 0 N–H and O–H groups in total. The fourth-order valence-corrected chi connectivity index (χ4v) is 10.8.